The van der Waals surface area contributed by atoms with Crippen LogP contribution in [0.2, 0.25) is 0 Å². The van der Waals surface area contributed by atoms with Crippen molar-refractivity contribution in [1.29, 1.82) is 0 Å². The number of nitrogens with zero attached hydrogens (tertiary/aromatic N) is 5. The van der Waals surface area contributed by atoms with Gasteiger partial charge in [-0.05, 0) is 47.9 Å². The third kappa shape index (κ3) is 3.51. The van der Waals surface area contributed by atoms with E-state index in [9.17, 15) is 4.39 Å². The van der Waals surface area contributed by atoms with Crippen LogP contribution >= 0.6 is 23.3 Å². The Morgan fingerprint density at radius 2 is 1.81 bits per heavy atom. The van der Waals surface area contributed by atoms with Crippen molar-refractivity contribution in [3.8, 4) is 11.4 Å². The molecule has 0 atom stereocenters. The van der Waals surface area contributed by atoms with E-state index >= 15 is 0 Å². The molecule has 4 rings (SSSR count). The molecule has 0 saturated carbocycles. The highest BCUT2D eigenvalue weighted by atomic mass is 32.2. The lowest BCUT2D eigenvalue weighted by Crippen LogP contribution is -2.04. The molecule has 130 valence electrons. The van der Waals surface area contributed by atoms with Crippen molar-refractivity contribution < 1.29 is 4.39 Å². The molecule has 0 spiro atoms. The van der Waals surface area contributed by atoms with E-state index in [0.29, 0.717) is 23.1 Å². The predicted molar refractivity (Wildman–Crippen MR) is 99.7 cm³/mol. The summed E-state index contributed by atoms with van der Waals surface area (Å²) in [7, 11) is 0. The topological polar surface area (TPSA) is 56.5 Å². The normalized spacial score (nSPS) is 11.0. The molecule has 2 heterocycles. The summed E-state index contributed by atoms with van der Waals surface area (Å²) in [6.07, 6.45) is 0. The summed E-state index contributed by atoms with van der Waals surface area (Å²) in [5.41, 5.74) is 1.51. The second-order valence-corrected chi connectivity index (χ2v) is 7.53. The van der Waals surface area contributed by atoms with Crippen molar-refractivity contribution in [2.75, 3.05) is 0 Å². The summed E-state index contributed by atoms with van der Waals surface area (Å²) in [5.74, 6) is 0.897. The van der Waals surface area contributed by atoms with Crippen LogP contribution in [0.4, 0.5) is 4.39 Å². The first-order chi connectivity index (χ1) is 12.7. The number of aromatic nitrogens is 5. The number of rotatable bonds is 5. The van der Waals surface area contributed by atoms with Crippen molar-refractivity contribution in [3.05, 3.63) is 71.8 Å². The second kappa shape index (κ2) is 7.35. The van der Waals surface area contributed by atoms with E-state index in [4.69, 9.17) is 0 Å². The Bertz CT molecular complexity index is 1030. The quantitative estimate of drug-likeness (QED) is 0.510. The van der Waals surface area contributed by atoms with Gasteiger partial charge < -0.3 is 0 Å². The first-order valence-corrected chi connectivity index (χ1v) is 9.50. The molecule has 2 aromatic heterocycles. The van der Waals surface area contributed by atoms with Gasteiger partial charge in [0, 0.05) is 0 Å². The van der Waals surface area contributed by atoms with E-state index in [1.807, 2.05) is 41.8 Å². The molecule has 0 amide bonds. The zero-order chi connectivity index (χ0) is 17.9. The zero-order valence-electron chi connectivity index (χ0n) is 13.8. The van der Waals surface area contributed by atoms with Crippen molar-refractivity contribution in [1.82, 2.24) is 24.1 Å². The average molecular weight is 383 g/mol. The van der Waals surface area contributed by atoms with Gasteiger partial charge in [0.05, 0.1) is 12.1 Å². The third-order valence-corrected chi connectivity index (χ3v) is 5.53. The van der Waals surface area contributed by atoms with Crippen molar-refractivity contribution in [2.24, 2.45) is 0 Å². The number of hydrogen-bond acceptors (Lipinski definition) is 6. The molecule has 26 heavy (non-hydrogen) atoms. The smallest absolute Gasteiger partial charge is 0.198 e. The van der Waals surface area contributed by atoms with E-state index in [1.165, 1.54) is 29.4 Å². The Hall–Kier alpha value is -2.58. The SMILES string of the molecule is Cc1nsc(Sc2nnc(-c3ccccc3F)n2Cc2ccccc2)n1. The summed E-state index contributed by atoms with van der Waals surface area (Å²) in [4.78, 5) is 4.37. The lowest BCUT2D eigenvalue weighted by molar-refractivity contribution is 0.626. The average Bonchev–Trinajstić information content (AvgIpc) is 3.23. The van der Waals surface area contributed by atoms with Gasteiger partial charge in [0.1, 0.15) is 11.6 Å². The number of benzene rings is 2. The fourth-order valence-corrected chi connectivity index (χ4v) is 4.10. The minimum absolute atomic E-state index is 0.322. The summed E-state index contributed by atoms with van der Waals surface area (Å²) in [6, 6.07) is 16.6. The Labute approximate surface area is 158 Å². The summed E-state index contributed by atoms with van der Waals surface area (Å²) >= 11 is 2.70. The minimum Gasteiger partial charge on any atom is -0.297 e. The molecule has 0 radical (unpaired) electrons. The maximum absolute atomic E-state index is 14.3. The highest BCUT2D eigenvalue weighted by molar-refractivity contribution is 8.00. The van der Waals surface area contributed by atoms with Gasteiger partial charge in [-0.15, -0.1) is 10.2 Å². The largest absolute Gasteiger partial charge is 0.297 e. The van der Waals surface area contributed by atoms with E-state index in [2.05, 4.69) is 19.6 Å². The molecule has 0 fully saturated rings. The van der Waals surface area contributed by atoms with E-state index in [-0.39, 0.29) is 5.82 Å². The van der Waals surface area contributed by atoms with Crippen molar-refractivity contribution >= 4 is 23.3 Å². The fraction of sp³-hybridized carbons (Fsp3) is 0.111. The lowest BCUT2D eigenvalue weighted by Gasteiger charge is -2.10. The maximum Gasteiger partial charge on any atom is 0.198 e. The van der Waals surface area contributed by atoms with Crippen LogP contribution in [0.5, 0.6) is 0 Å². The van der Waals surface area contributed by atoms with Gasteiger partial charge in [0.25, 0.3) is 0 Å². The van der Waals surface area contributed by atoms with Crippen molar-refractivity contribution in [3.63, 3.8) is 0 Å². The number of hydrogen-bond donors (Lipinski definition) is 0. The molecule has 0 aliphatic heterocycles. The minimum atomic E-state index is -0.322. The van der Waals surface area contributed by atoms with E-state index in [1.54, 1.807) is 18.2 Å². The van der Waals surface area contributed by atoms with Crippen LogP contribution < -0.4 is 0 Å². The molecule has 0 aliphatic carbocycles. The molecule has 5 nitrogen and oxygen atoms in total. The molecule has 2 aromatic carbocycles. The van der Waals surface area contributed by atoms with Gasteiger partial charge in [0.15, 0.2) is 15.3 Å². The second-order valence-electron chi connectivity index (χ2n) is 5.57. The monoisotopic (exact) mass is 383 g/mol. The molecule has 8 heteroatoms. The molecule has 0 bridgehead atoms. The Kier molecular flexibility index (Phi) is 4.77. The Balaban J connectivity index is 1.77. The molecule has 0 aliphatic rings. The highest BCUT2D eigenvalue weighted by Crippen LogP contribution is 2.31. The molecule has 0 unspecified atom stereocenters. The van der Waals surface area contributed by atoms with Crippen LogP contribution in [0.3, 0.4) is 0 Å². The number of halogens is 1. The van der Waals surface area contributed by atoms with Crippen LogP contribution in [-0.2, 0) is 6.54 Å². The first kappa shape index (κ1) is 16.9. The van der Waals surface area contributed by atoms with Crippen LogP contribution in [0, 0.1) is 12.7 Å². The Morgan fingerprint density at radius 1 is 1.04 bits per heavy atom. The number of aryl methyl sites for hydroxylation is 1. The van der Waals surface area contributed by atoms with Crippen LogP contribution in [0.15, 0.2) is 64.1 Å². The van der Waals surface area contributed by atoms with Gasteiger partial charge in [-0.25, -0.2) is 9.37 Å². The summed E-state index contributed by atoms with van der Waals surface area (Å²) in [6.45, 7) is 2.39. The molecule has 0 N–H and O–H groups in total. The summed E-state index contributed by atoms with van der Waals surface area (Å²) < 4.78 is 21.2. The molecule has 0 saturated heterocycles. The van der Waals surface area contributed by atoms with Gasteiger partial charge in [-0.1, -0.05) is 42.5 Å². The highest BCUT2D eigenvalue weighted by Gasteiger charge is 2.19. The molecular formula is C18H14FN5S2. The maximum atomic E-state index is 14.3. The van der Waals surface area contributed by atoms with Crippen LogP contribution in [-0.4, -0.2) is 24.1 Å². The summed E-state index contributed by atoms with van der Waals surface area (Å²) in [5, 5.41) is 9.19. The van der Waals surface area contributed by atoms with Crippen LogP contribution in [0.25, 0.3) is 11.4 Å². The van der Waals surface area contributed by atoms with Gasteiger partial charge in [-0.3, -0.25) is 4.57 Å². The van der Waals surface area contributed by atoms with Crippen LogP contribution in [0.1, 0.15) is 11.4 Å². The van der Waals surface area contributed by atoms with E-state index < -0.39 is 0 Å². The first-order valence-electron chi connectivity index (χ1n) is 7.91. The molecular weight excluding hydrogens is 369 g/mol. The Morgan fingerprint density at radius 3 is 2.54 bits per heavy atom. The zero-order valence-corrected chi connectivity index (χ0v) is 15.5. The lowest BCUT2D eigenvalue weighted by atomic mass is 10.2. The standard InChI is InChI=1S/C18H14FN5S2/c1-12-20-18(26-23-12)25-17-22-21-16(14-9-5-6-10-15(14)19)24(17)11-13-7-3-2-4-8-13/h2-10H,11H2,1H3. The van der Waals surface area contributed by atoms with Gasteiger partial charge in [-0.2, -0.15) is 4.37 Å². The predicted octanol–water partition coefficient (Wildman–Crippen LogP) is 4.44. The van der Waals surface area contributed by atoms with Gasteiger partial charge in [0.2, 0.25) is 0 Å². The third-order valence-electron chi connectivity index (χ3n) is 3.70. The van der Waals surface area contributed by atoms with Gasteiger partial charge >= 0.3 is 0 Å². The molecule has 4 aromatic rings. The van der Waals surface area contributed by atoms with Crippen molar-refractivity contribution in [2.45, 2.75) is 23.0 Å². The fourth-order valence-electron chi connectivity index (χ4n) is 2.51. The van der Waals surface area contributed by atoms with E-state index in [0.717, 1.165) is 15.7 Å².